The Morgan fingerprint density at radius 3 is 1.34 bits per heavy atom. The van der Waals surface area contributed by atoms with Crippen molar-refractivity contribution in [1.82, 2.24) is 0 Å². The number of alkyl halides is 10. The molecule has 0 N–H and O–H groups in total. The molecule has 0 atom stereocenters. The zero-order chi connectivity index (χ0) is 22.1. The van der Waals surface area contributed by atoms with Crippen LogP contribution in [0, 0.1) is 0 Å². The van der Waals surface area contributed by atoms with E-state index >= 15 is 0 Å². The number of benzene rings is 2. The molecular formula is C18H14F10Se. The van der Waals surface area contributed by atoms with E-state index < -0.39 is 49.3 Å². The molecule has 11 heteroatoms. The third-order valence-electron chi connectivity index (χ3n) is 4.04. The van der Waals surface area contributed by atoms with E-state index in [4.69, 9.17) is 0 Å². The summed E-state index contributed by atoms with van der Waals surface area (Å²) in [6.45, 7) is 0. The molecule has 0 aliphatic heterocycles. The third kappa shape index (κ3) is 4.26. The second-order valence-corrected chi connectivity index (χ2v) is 10.7. The molecule has 0 amide bonds. The molecule has 0 bridgehead atoms. The SMILES string of the molecule is FC(F)C(F)(F)C(F)(F)C(F)(F)C(F)(F)C[SeH](c1ccccc1)c1ccccc1. The van der Waals surface area contributed by atoms with E-state index in [9.17, 15) is 43.9 Å². The van der Waals surface area contributed by atoms with Crippen molar-refractivity contribution in [2.24, 2.45) is 0 Å². The van der Waals surface area contributed by atoms with Gasteiger partial charge in [-0.25, -0.2) is 0 Å². The Morgan fingerprint density at radius 1 is 0.621 bits per heavy atom. The minimum atomic E-state index is -6.97. The van der Waals surface area contributed by atoms with Crippen molar-refractivity contribution in [3.8, 4) is 0 Å². The molecule has 29 heavy (non-hydrogen) atoms. The van der Waals surface area contributed by atoms with Crippen LogP contribution in [-0.2, 0) is 0 Å². The van der Waals surface area contributed by atoms with Gasteiger partial charge in [-0.3, -0.25) is 0 Å². The molecular weight excluding hydrogens is 485 g/mol. The van der Waals surface area contributed by atoms with Gasteiger partial charge in [-0.05, 0) is 0 Å². The maximum atomic E-state index is 14.3. The molecule has 2 rings (SSSR count). The molecule has 2 aromatic carbocycles. The fraction of sp³-hybridized carbons (Fsp3) is 0.333. The monoisotopic (exact) mass is 500 g/mol. The van der Waals surface area contributed by atoms with E-state index in [1.54, 1.807) is 0 Å². The van der Waals surface area contributed by atoms with Gasteiger partial charge in [0.25, 0.3) is 0 Å². The van der Waals surface area contributed by atoms with Crippen LogP contribution >= 0.6 is 0 Å². The quantitative estimate of drug-likeness (QED) is 0.361. The van der Waals surface area contributed by atoms with Gasteiger partial charge >= 0.3 is 163 Å². The van der Waals surface area contributed by atoms with Gasteiger partial charge in [0, 0.05) is 0 Å². The first-order valence-electron chi connectivity index (χ1n) is 7.93. The molecule has 0 saturated carbocycles. The van der Waals surface area contributed by atoms with Gasteiger partial charge in [-0.1, -0.05) is 0 Å². The molecule has 2 aromatic rings. The topological polar surface area (TPSA) is 0 Å². The first-order valence-corrected chi connectivity index (χ1v) is 11.1. The Labute approximate surface area is 163 Å². The van der Waals surface area contributed by atoms with Crippen LogP contribution in [0.15, 0.2) is 60.7 Å². The van der Waals surface area contributed by atoms with Crippen molar-refractivity contribution in [3.63, 3.8) is 0 Å². The number of hydrogen-bond acceptors (Lipinski definition) is 0. The van der Waals surface area contributed by atoms with Crippen LogP contribution in [0.2, 0.25) is 5.32 Å². The van der Waals surface area contributed by atoms with Gasteiger partial charge in [-0.15, -0.1) is 0 Å². The van der Waals surface area contributed by atoms with E-state index in [0.29, 0.717) is 0 Å². The Hall–Kier alpha value is -1.74. The van der Waals surface area contributed by atoms with Crippen LogP contribution in [0.1, 0.15) is 0 Å². The predicted octanol–water partition coefficient (Wildman–Crippen LogP) is 4.83. The fourth-order valence-electron chi connectivity index (χ4n) is 2.42. The molecule has 0 radical (unpaired) electrons. The Kier molecular flexibility index (Phi) is 6.64. The zero-order valence-electron chi connectivity index (χ0n) is 14.3. The average Bonchev–Trinajstić information content (AvgIpc) is 2.67. The van der Waals surface area contributed by atoms with Gasteiger partial charge in [-0.2, -0.15) is 0 Å². The number of halogens is 10. The van der Waals surface area contributed by atoms with Crippen molar-refractivity contribution in [2.75, 3.05) is 0 Å². The fourth-order valence-corrected chi connectivity index (χ4v) is 7.30. The second-order valence-electron chi connectivity index (χ2n) is 6.03. The first kappa shape index (κ1) is 23.5. The third-order valence-corrected chi connectivity index (χ3v) is 9.40. The molecule has 0 spiro atoms. The van der Waals surface area contributed by atoms with Crippen LogP contribution in [0.5, 0.6) is 0 Å². The van der Waals surface area contributed by atoms with Crippen molar-refractivity contribution >= 4 is 22.8 Å². The van der Waals surface area contributed by atoms with Crippen LogP contribution < -0.4 is 8.92 Å². The first-order chi connectivity index (χ1) is 13.3. The summed E-state index contributed by atoms with van der Waals surface area (Å²) in [5.41, 5.74) is 0. The zero-order valence-corrected chi connectivity index (χ0v) is 16.2. The molecule has 162 valence electrons. The summed E-state index contributed by atoms with van der Waals surface area (Å²) in [4.78, 5) is 0. The van der Waals surface area contributed by atoms with Gasteiger partial charge < -0.3 is 0 Å². The predicted molar refractivity (Wildman–Crippen MR) is 89.9 cm³/mol. The van der Waals surface area contributed by atoms with E-state index in [1.165, 1.54) is 60.7 Å². The van der Waals surface area contributed by atoms with Crippen LogP contribution in [-0.4, -0.2) is 44.0 Å². The standard InChI is InChI=1S/C18H14F10Se/c19-14(20)16(23,24)18(27,28)17(25,26)15(21,22)11-29(12-7-3-1-4-8-12)13-9-5-2-6-10-13/h1-10,14,29H,11H2. The van der Waals surface area contributed by atoms with Gasteiger partial charge in [0.05, 0.1) is 0 Å². The van der Waals surface area contributed by atoms with Gasteiger partial charge in [0.1, 0.15) is 0 Å². The van der Waals surface area contributed by atoms with Gasteiger partial charge in [0.2, 0.25) is 0 Å². The molecule has 0 unspecified atom stereocenters. The van der Waals surface area contributed by atoms with Gasteiger partial charge in [0.15, 0.2) is 0 Å². The Bertz CT molecular complexity index is 753. The minimum absolute atomic E-state index is 0.172. The van der Waals surface area contributed by atoms with Crippen LogP contribution in [0.4, 0.5) is 43.9 Å². The Balaban J connectivity index is 2.49. The summed E-state index contributed by atoms with van der Waals surface area (Å²) >= 11 is -3.41. The molecule has 0 fully saturated rings. The van der Waals surface area contributed by atoms with E-state index in [1.807, 2.05) is 0 Å². The molecule has 0 aromatic heterocycles. The second kappa shape index (κ2) is 8.18. The summed E-state index contributed by atoms with van der Waals surface area (Å²) in [6, 6.07) is 14.0. The normalized spacial score (nSPS) is 14.2. The molecule has 0 nitrogen and oxygen atoms in total. The van der Waals surface area contributed by atoms with Crippen molar-refractivity contribution in [3.05, 3.63) is 60.7 Å². The summed E-state index contributed by atoms with van der Waals surface area (Å²) in [5, 5.41) is -1.87. The van der Waals surface area contributed by atoms with Crippen LogP contribution in [0.25, 0.3) is 0 Å². The summed E-state index contributed by atoms with van der Waals surface area (Å²) in [6.07, 6.45) is -5.25. The molecule has 0 saturated heterocycles. The molecule has 0 heterocycles. The average molecular weight is 499 g/mol. The van der Waals surface area contributed by atoms with E-state index in [0.717, 1.165) is 0 Å². The molecule has 0 aliphatic carbocycles. The number of hydrogen-bond donors (Lipinski definition) is 0. The Morgan fingerprint density at radius 2 is 1.00 bits per heavy atom. The summed E-state index contributed by atoms with van der Waals surface area (Å²) in [7, 11) is 0. The van der Waals surface area contributed by atoms with Crippen molar-refractivity contribution in [1.29, 1.82) is 0 Å². The van der Waals surface area contributed by atoms with E-state index in [2.05, 4.69) is 0 Å². The van der Waals surface area contributed by atoms with Crippen molar-refractivity contribution < 1.29 is 43.9 Å². The van der Waals surface area contributed by atoms with E-state index in [-0.39, 0.29) is 8.92 Å². The van der Waals surface area contributed by atoms with Crippen LogP contribution in [0.3, 0.4) is 0 Å². The summed E-state index contributed by atoms with van der Waals surface area (Å²) < 4.78 is 134. The maximum absolute atomic E-state index is 14.3. The van der Waals surface area contributed by atoms with Crippen molar-refractivity contribution in [2.45, 2.75) is 35.4 Å². The summed E-state index contributed by atoms with van der Waals surface area (Å²) in [5.74, 6) is -26.0. The number of rotatable bonds is 8. The molecule has 0 aliphatic rings.